The van der Waals surface area contributed by atoms with Crippen molar-refractivity contribution < 1.29 is 21.6 Å². The normalized spacial score (nSPS) is 11.6. The van der Waals surface area contributed by atoms with E-state index in [2.05, 4.69) is 10.0 Å². The van der Waals surface area contributed by atoms with Gasteiger partial charge in [0.1, 0.15) is 4.21 Å². The van der Waals surface area contributed by atoms with Gasteiger partial charge in [0, 0.05) is 24.0 Å². The first kappa shape index (κ1) is 26.4. The van der Waals surface area contributed by atoms with Crippen LogP contribution in [0.4, 0.5) is 17.1 Å². The van der Waals surface area contributed by atoms with Crippen molar-refractivity contribution in [3.63, 3.8) is 0 Å². The predicted octanol–water partition coefficient (Wildman–Crippen LogP) is 5.24. The zero-order valence-electron chi connectivity index (χ0n) is 20.3. The molecule has 0 unspecified atom stereocenters. The minimum Gasteiger partial charge on any atom is -0.322 e. The molecule has 11 heteroatoms. The van der Waals surface area contributed by atoms with Crippen LogP contribution in [0.1, 0.15) is 21.5 Å². The molecular formula is C26H25N3O5S3. The number of rotatable bonds is 8. The highest BCUT2D eigenvalue weighted by atomic mass is 32.2. The lowest BCUT2D eigenvalue weighted by Gasteiger charge is -2.18. The summed E-state index contributed by atoms with van der Waals surface area (Å²) < 4.78 is 54.8. The van der Waals surface area contributed by atoms with Crippen molar-refractivity contribution in [3.8, 4) is 0 Å². The third-order valence-corrected chi connectivity index (χ3v) is 10.3. The summed E-state index contributed by atoms with van der Waals surface area (Å²) in [6.45, 7) is 3.85. The highest BCUT2D eigenvalue weighted by Crippen LogP contribution is 2.26. The van der Waals surface area contributed by atoms with Gasteiger partial charge in [-0.2, -0.15) is 0 Å². The first-order valence-electron chi connectivity index (χ1n) is 11.1. The van der Waals surface area contributed by atoms with Crippen molar-refractivity contribution in [2.75, 3.05) is 21.4 Å². The molecule has 0 spiro atoms. The summed E-state index contributed by atoms with van der Waals surface area (Å²) in [6, 6.07) is 20.5. The molecule has 2 N–H and O–H groups in total. The van der Waals surface area contributed by atoms with Gasteiger partial charge in [-0.25, -0.2) is 16.8 Å². The average Bonchev–Trinajstić information content (AvgIpc) is 3.42. The molecule has 1 amide bonds. The van der Waals surface area contributed by atoms with Gasteiger partial charge in [-0.1, -0.05) is 12.1 Å². The number of carbonyl (C=O) groups excluding carboxylic acids is 1. The predicted molar refractivity (Wildman–Crippen MR) is 147 cm³/mol. The van der Waals surface area contributed by atoms with Crippen LogP contribution in [0, 0.1) is 13.8 Å². The van der Waals surface area contributed by atoms with E-state index < -0.39 is 26.0 Å². The second-order valence-corrected chi connectivity index (χ2v) is 13.2. The summed E-state index contributed by atoms with van der Waals surface area (Å²) in [4.78, 5) is 12.7. The SMILES string of the molecule is Cc1ccc(NS(=O)(=O)c2ccc(NC(=O)c3ccc(N(C)S(=O)(=O)c4cccs4)cc3)cc2)cc1C. The summed E-state index contributed by atoms with van der Waals surface area (Å²) in [5, 5.41) is 4.41. The van der Waals surface area contributed by atoms with Crippen molar-refractivity contribution in [1.82, 2.24) is 0 Å². The minimum atomic E-state index is -3.80. The molecule has 1 aromatic heterocycles. The first-order chi connectivity index (χ1) is 17.5. The Morgan fingerprint density at radius 2 is 1.46 bits per heavy atom. The van der Waals surface area contributed by atoms with E-state index in [1.807, 2.05) is 19.9 Å². The molecule has 37 heavy (non-hydrogen) atoms. The van der Waals surface area contributed by atoms with Crippen LogP contribution >= 0.6 is 11.3 Å². The molecule has 0 saturated carbocycles. The molecule has 0 aliphatic carbocycles. The largest absolute Gasteiger partial charge is 0.322 e. The molecule has 1 heterocycles. The molecular weight excluding hydrogens is 531 g/mol. The summed E-state index contributed by atoms with van der Waals surface area (Å²) in [7, 11) is -6.02. The van der Waals surface area contributed by atoms with E-state index in [9.17, 15) is 21.6 Å². The van der Waals surface area contributed by atoms with Crippen LogP contribution in [-0.2, 0) is 20.0 Å². The number of aryl methyl sites for hydroxylation is 2. The number of thiophene rings is 1. The lowest BCUT2D eigenvalue weighted by atomic mass is 10.1. The van der Waals surface area contributed by atoms with E-state index in [0.717, 1.165) is 26.8 Å². The van der Waals surface area contributed by atoms with Crippen LogP contribution in [-0.4, -0.2) is 29.8 Å². The van der Waals surface area contributed by atoms with Crippen molar-refractivity contribution in [2.24, 2.45) is 0 Å². The van der Waals surface area contributed by atoms with Crippen LogP contribution in [0.5, 0.6) is 0 Å². The lowest BCUT2D eigenvalue weighted by Crippen LogP contribution is -2.25. The molecule has 3 aromatic carbocycles. The van der Waals surface area contributed by atoms with Crippen molar-refractivity contribution in [3.05, 3.63) is 101 Å². The number of benzene rings is 3. The maximum absolute atomic E-state index is 12.7. The number of sulfonamides is 2. The Kier molecular flexibility index (Phi) is 7.39. The Bertz CT molecular complexity index is 1630. The van der Waals surface area contributed by atoms with Gasteiger partial charge in [-0.3, -0.25) is 13.8 Å². The van der Waals surface area contributed by atoms with E-state index in [1.54, 1.807) is 35.7 Å². The molecule has 0 atom stereocenters. The number of amides is 1. The maximum atomic E-state index is 12.7. The zero-order valence-corrected chi connectivity index (χ0v) is 22.7. The van der Waals surface area contributed by atoms with Gasteiger partial charge < -0.3 is 5.32 Å². The quantitative estimate of drug-likeness (QED) is 0.309. The van der Waals surface area contributed by atoms with Gasteiger partial charge >= 0.3 is 0 Å². The Balaban J connectivity index is 1.42. The molecule has 0 radical (unpaired) electrons. The van der Waals surface area contributed by atoms with E-state index in [1.165, 1.54) is 49.5 Å². The molecule has 0 aliphatic rings. The van der Waals surface area contributed by atoms with E-state index in [-0.39, 0.29) is 9.10 Å². The molecule has 4 aromatic rings. The van der Waals surface area contributed by atoms with Gasteiger partial charge in [0.25, 0.3) is 26.0 Å². The molecule has 0 fully saturated rings. The summed E-state index contributed by atoms with van der Waals surface area (Å²) in [5.74, 6) is -0.417. The van der Waals surface area contributed by atoms with Gasteiger partial charge in [-0.05, 0) is 97.1 Å². The Labute approximate surface area is 220 Å². The molecule has 0 saturated heterocycles. The highest BCUT2D eigenvalue weighted by molar-refractivity contribution is 7.94. The molecule has 4 rings (SSSR count). The van der Waals surface area contributed by atoms with Gasteiger partial charge in [0.2, 0.25) is 0 Å². The molecule has 0 bridgehead atoms. The first-order valence-corrected chi connectivity index (χ1v) is 14.9. The smallest absolute Gasteiger partial charge is 0.273 e. The van der Waals surface area contributed by atoms with Gasteiger partial charge in [0.05, 0.1) is 10.6 Å². The number of anilines is 3. The Hall–Kier alpha value is -3.67. The number of hydrogen-bond acceptors (Lipinski definition) is 6. The number of nitrogens with zero attached hydrogens (tertiary/aromatic N) is 1. The van der Waals surface area contributed by atoms with Gasteiger partial charge in [-0.15, -0.1) is 11.3 Å². The molecule has 0 aliphatic heterocycles. The molecule has 8 nitrogen and oxygen atoms in total. The van der Waals surface area contributed by atoms with E-state index in [0.29, 0.717) is 22.6 Å². The van der Waals surface area contributed by atoms with Crippen molar-refractivity contribution in [1.29, 1.82) is 0 Å². The number of nitrogens with one attached hydrogen (secondary N) is 2. The third kappa shape index (κ3) is 5.85. The number of hydrogen-bond donors (Lipinski definition) is 2. The van der Waals surface area contributed by atoms with E-state index in [4.69, 9.17) is 0 Å². The zero-order chi connectivity index (χ0) is 26.8. The Morgan fingerprint density at radius 3 is 2.05 bits per heavy atom. The van der Waals surface area contributed by atoms with Crippen LogP contribution in [0.15, 0.2) is 93.3 Å². The maximum Gasteiger partial charge on any atom is 0.273 e. The van der Waals surface area contributed by atoms with Crippen LogP contribution in [0.2, 0.25) is 0 Å². The standard InChI is InChI=1S/C26H25N3O5S3/c1-18-6-9-22(17-19(18)2)28-36(31,32)24-14-10-21(11-15-24)27-26(30)20-7-12-23(13-8-20)29(3)37(33,34)25-5-4-16-35-25/h4-17,28H,1-3H3,(H,27,30). The third-order valence-electron chi connectivity index (χ3n) is 5.78. The molecule has 192 valence electrons. The van der Waals surface area contributed by atoms with Crippen molar-refractivity contribution in [2.45, 2.75) is 23.0 Å². The summed E-state index contributed by atoms with van der Waals surface area (Å²) in [5.41, 5.74) is 3.65. The summed E-state index contributed by atoms with van der Waals surface area (Å²) in [6.07, 6.45) is 0. The van der Waals surface area contributed by atoms with Crippen LogP contribution in [0.25, 0.3) is 0 Å². The average molecular weight is 556 g/mol. The fourth-order valence-electron chi connectivity index (χ4n) is 3.45. The monoisotopic (exact) mass is 555 g/mol. The van der Waals surface area contributed by atoms with Crippen molar-refractivity contribution >= 4 is 54.4 Å². The lowest BCUT2D eigenvalue weighted by molar-refractivity contribution is 0.102. The fraction of sp³-hybridized carbons (Fsp3) is 0.115. The Morgan fingerprint density at radius 1 is 0.811 bits per heavy atom. The second kappa shape index (κ2) is 10.4. The van der Waals surface area contributed by atoms with Crippen LogP contribution < -0.4 is 14.3 Å². The highest BCUT2D eigenvalue weighted by Gasteiger charge is 2.22. The summed E-state index contributed by atoms with van der Waals surface area (Å²) >= 11 is 1.13. The second-order valence-electron chi connectivity index (χ2n) is 8.33. The van der Waals surface area contributed by atoms with Gasteiger partial charge in [0.15, 0.2) is 0 Å². The van der Waals surface area contributed by atoms with Crippen LogP contribution in [0.3, 0.4) is 0 Å². The number of carbonyl (C=O) groups is 1. The fourth-order valence-corrected chi connectivity index (χ4v) is 6.85. The topological polar surface area (TPSA) is 113 Å². The van der Waals surface area contributed by atoms with E-state index >= 15 is 0 Å². The minimum absolute atomic E-state index is 0.0584.